The lowest BCUT2D eigenvalue weighted by atomic mass is 10.2. The SMILES string of the molecule is CCCOc1ncccc1CNC(=NC)NC1CCS(=O)(=O)C1.I. The van der Waals surface area contributed by atoms with Crippen molar-refractivity contribution in [1.82, 2.24) is 15.6 Å². The number of nitrogens with zero attached hydrogens (tertiary/aromatic N) is 2. The van der Waals surface area contributed by atoms with Gasteiger partial charge in [-0.25, -0.2) is 13.4 Å². The molecule has 1 aromatic heterocycles. The van der Waals surface area contributed by atoms with Crippen molar-refractivity contribution in [3.8, 4) is 5.88 Å². The Morgan fingerprint density at radius 2 is 2.29 bits per heavy atom. The molecule has 136 valence electrons. The minimum atomic E-state index is -2.91. The van der Waals surface area contributed by atoms with Crippen LogP contribution in [-0.4, -0.2) is 50.6 Å². The fourth-order valence-electron chi connectivity index (χ4n) is 2.36. The van der Waals surface area contributed by atoms with Crippen LogP contribution in [0.4, 0.5) is 0 Å². The lowest BCUT2D eigenvalue weighted by Gasteiger charge is -2.17. The molecular weight excluding hydrogens is 443 g/mol. The third kappa shape index (κ3) is 6.42. The van der Waals surface area contributed by atoms with Gasteiger partial charge in [-0.05, 0) is 18.9 Å². The maximum absolute atomic E-state index is 11.5. The fourth-order valence-corrected chi connectivity index (χ4v) is 4.04. The smallest absolute Gasteiger partial charge is 0.218 e. The number of pyridine rings is 1. The van der Waals surface area contributed by atoms with Gasteiger partial charge in [0.2, 0.25) is 5.88 Å². The van der Waals surface area contributed by atoms with Crippen LogP contribution >= 0.6 is 24.0 Å². The van der Waals surface area contributed by atoms with E-state index in [0.29, 0.717) is 31.4 Å². The Hall–Kier alpha value is -1.10. The first-order chi connectivity index (χ1) is 11.0. The number of ether oxygens (including phenoxy) is 1. The Balaban J connectivity index is 0.00000288. The van der Waals surface area contributed by atoms with Gasteiger partial charge in [-0.15, -0.1) is 24.0 Å². The van der Waals surface area contributed by atoms with E-state index < -0.39 is 9.84 Å². The predicted octanol–water partition coefficient (Wildman–Crippen LogP) is 1.34. The lowest BCUT2D eigenvalue weighted by Crippen LogP contribution is -2.43. The van der Waals surface area contributed by atoms with Crippen molar-refractivity contribution in [3.63, 3.8) is 0 Å². The second-order valence-electron chi connectivity index (χ2n) is 5.49. The largest absolute Gasteiger partial charge is 0.477 e. The molecule has 1 aromatic rings. The third-order valence-electron chi connectivity index (χ3n) is 3.54. The van der Waals surface area contributed by atoms with E-state index in [1.165, 1.54) is 0 Å². The van der Waals surface area contributed by atoms with Crippen LogP contribution in [0.2, 0.25) is 0 Å². The number of nitrogens with one attached hydrogen (secondary N) is 2. The van der Waals surface area contributed by atoms with Crippen LogP contribution in [0.3, 0.4) is 0 Å². The molecule has 1 saturated heterocycles. The number of aliphatic imine (C=N–C) groups is 1. The van der Waals surface area contributed by atoms with Gasteiger partial charge in [0.15, 0.2) is 15.8 Å². The van der Waals surface area contributed by atoms with Crippen LogP contribution in [0.25, 0.3) is 0 Å². The Morgan fingerprint density at radius 1 is 1.50 bits per heavy atom. The van der Waals surface area contributed by atoms with Gasteiger partial charge in [0.25, 0.3) is 0 Å². The molecule has 1 aliphatic rings. The topological polar surface area (TPSA) is 92.7 Å². The Labute approximate surface area is 160 Å². The van der Waals surface area contributed by atoms with E-state index in [-0.39, 0.29) is 41.5 Å². The van der Waals surface area contributed by atoms with Gasteiger partial charge in [-0.2, -0.15) is 0 Å². The normalized spacial score (nSPS) is 19.4. The third-order valence-corrected chi connectivity index (χ3v) is 5.30. The first-order valence-corrected chi connectivity index (χ1v) is 9.60. The molecule has 0 radical (unpaired) electrons. The summed E-state index contributed by atoms with van der Waals surface area (Å²) in [5.41, 5.74) is 0.933. The molecule has 0 spiro atoms. The number of hydrogen-bond donors (Lipinski definition) is 2. The highest BCUT2D eigenvalue weighted by Crippen LogP contribution is 2.14. The number of rotatable bonds is 6. The number of guanidine groups is 1. The highest BCUT2D eigenvalue weighted by Gasteiger charge is 2.28. The van der Waals surface area contributed by atoms with Crippen LogP contribution in [0.15, 0.2) is 23.3 Å². The average molecular weight is 468 g/mol. The number of aromatic nitrogens is 1. The van der Waals surface area contributed by atoms with E-state index >= 15 is 0 Å². The lowest BCUT2D eigenvalue weighted by molar-refractivity contribution is 0.301. The predicted molar refractivity (Wildman–Crippen MR) is 106 cm³/mol. The van der Waals surface area contributed by atoms with Crippen molar-refractivity contribution in [1.29, 1.82) is 0 Å². The summed E-state index contributed by atoms with van der Waals surface area (Å²) in [6, 6.07) is 3.71. The molecule has 9 heteroatoms. The quantitative estimate of drug-likeness (QED) is 0.372. The summed E-state index contributed by atoms with van der Waals surface area (Å²) in [6.07, 6.45) is 3.23. The van der Waals surface area contributed by atoms with E-state index in [2.05, 4.69) is 20.6 Å². The van der Waals surface area contributed by atoms with Crippen molar-refractivity contribution >= 4 is 39.8 Å². The molecule has 0 aromatic carbocycles. The highest BCUT2D eigenvalue weighted by atomic mass is 127. The first-order valence-electron chi connectivity index (χ1n) is 7.78. The van der Waals surface area contributed by atoms with Crippen LogP contribution in [0, 0.1) is 0 Å². The van der Waals surface area contributed by atoms with Gasteiger partial charge in [0.1, 0.15) is 0 Å². The summed E-state index contributed by atoms with van der Waals surface area (Å²) in [5.74, 6) is 1.59. The van der Waals surface area contributed by atoms with Crippen molar-refractivity contribution in [2.45, 2.75) is 32.4 Å². The summed E-state index contributed by atoms with van der Waals surface area (Å²) in [6.45, 7) is 3.17. The fraction of sp³-hybridized carbons (Fsp3) is 0.600. The van der Waals surface area contributed by atoms with E-state index in [4.69, 9.17) is 4.74 Å². The molecular formula is C15H25IN4O3S. The summed E-state index contributed by atoms with van der Waals surface area (Å²) < 4.78 is 28.6. The summed E-state index contributed by atoms with van der Waals surface area (Å²) in [5, 5.41) is 6.33. The van der Waals surface area contributed by atoms with Gasteiger partial charge in [0, 0.05) is 31.4 Å². The van der Waals surface area contributed by atoms with Gasteiger partial charge in [-0.3, -0.25) is 4.99 Å². The molecule has 24 heavy (non-hydrogen) atoms. The van der Waals surface area contributed by atoms with E-state index in [1.807, 2.05) is 19.1 Å². The summed E-state index contributed by atoms with van der Waals surface area (Å²) in [7, 11) is -1.25. The van der Waals surface area contributed by atoms with Crippen molar-refractivity contribution < 1.29 is 13.2 Å². The average Bonchev–Trinajstić information content (AvgIpc) is 2.89. The summed E-state index contributed by atoms with van der Waals surface area (Å²) >= 11 is 0. The van der Waals surface area contributed by atoms with Crippen LogP contribution < -0.4 is 15.4 Å². The highest BCUT2D eigenvalue weighted by molar-refractivity contribution is 14.0. The zero-order chi connectivity index (χ0) is 16.7. The van der Waals surface area contributed by atoms with Gasteiger partial charge in [-0.1, -0.05) is 13.0 Å². The minimum Gasteiger partial charge on any atom is -0.477 e. The first kappa shape index (κ1) is 20.9. The molecule has 0 aliphatic carbocycles. The van der Waals surface area contributed by atoms with E-state index in [1.54, 1.807) is 13.2 Å². The molecule has 1 unspecified atom stereocenters. The Morgan fingerprint density at radius 3 is 2.92 bits per heavy atom. The van der Waals surface area contributed by atoms with Crippen molar-refractivity contribution in [2.75, 3.05) is 25.2 Å². The Bertz CT molecular complexity index is 652. The molecule has 2 heterocycles. The zero-order valence-corrected chi connectivity index (χ0v) is 17.1. The van der Waals surface area contributed by atoms with Crippen molar-refractivity contribution in [3.05, 3.63) is 23.9 Å². The molecule has 1 fully saturated rings. The maximum atomic E-state index is 11.5. The van der Waals surface area contributed by atoms with Gasteiger partial charge >= 0.3 is 0 Å². The van der Waals surface area contributed by atoms with Crippen LogP contribution in [0.5, 0.6) is 5.88 Å². The number of halogens is 1. The molecule has 0 amide bonds. The molecule has 1 atom stereocenters. The number of hydrogen-bond acceptors (Lipinski definition) is 5. The molecule has 2 rings (SSSR count). The second kappa shape index (κ2) is 10.0. The summed E-state index contributed by atoms with van der Waals surface area (Å²) in [4.78, 5) is 8.39. The van der Waals surface area contributed by atoms with E-state index in [9.17, 15) is 8.42 Å². The zero-order valence-electron chi connectivity index (χ0n) is 14.0. The molecule has 1 aliphatic heterocycles. The van der Waals surface area contributed by atoms with E-state index in [0.717, 1.165) is 12.0 Å². The Kier molecular flexibility index (Phi) is 8.74. The molecule has 0 saturated carbocycles. The molecule has 0 bridgehead atoms. The number of sulfone groups is 1. The molecule has 7 nitrogen and oxygen atoms in total. The van der Waals surface area contributed by atoms with Crippen molar-refractivity contribution in [2.24, 2.45) is 4.99 Å². The maximum Gasteiger partial charge on any atom is 0.218 e. The molecule has 2 N–H and O–H groups in total. The monoisotopic (exact) mass is 468 g/mol. The second-order valence-corrected chi connectivity index (χ2v) is 7.71. The standard InChI is InChI=1S/C15H24N4O3S.HI/c1-3-8-22-14-12(5-4-7-17-14)10-18-15(16-2)19-13-6-9-23(20,21)11-13;/h4-5,7,13H,3,6,8-11H2,1-2H3,(H2,16,18,19);1H. The van der Waals surface area contributed by atoms with Gasteiger partial charge in [0.05, 0.1) is 18.1 Å². The van der Waals surface area contributed by atoms with Gasteiger partial charge < -0.3 is 15.4 Å². The minimum absolute atomic E-state index is 0. The van der Waals surface area contributed by atoms with Crippen LogP contribution in [-0.2, 0) is 16.4 Å². The van der Waals surface area contributed by atoms with Crippen LogP contribution in [0.1, 0.15) is 25.3 Å².